The fourth-order valence-electron chi connectivity index (χ4n) is 3.77. The Morgan fingerprint density at radius 2 is 1.95 bits per heavy atom. The summed E-state index contributed by atoms with van der Waals surface area (Å²) in [5, 5.41) is 12.6. The average molecular weight is 268 g/mol. The Morgan fingerprint density at radius 1 is 1.37 bits per heavy atom. The summed E-state index contributed by atoms with van der Waals surface area (Å²) in [6.45, 7) is 9.08. The summed E-state index contributed by atoms with van der Waals surface area (Å²) < 4.78 is 0. The molecule has 2 aliphatic rings. The van der Waals surface area contributed by atoms with Crippen molar-refractivity contribution in [2.75, 3.05) is 19.6 Å². The number of hydrogen-bond donors (Lipinski definition) is 2. The molecule has 2 fully saturated rings. The molecule has 2 rings (SSSR count). The van der Waals surface area contributed by atoms with Gasteiger partial charge in [-0.25, -0.2) is 0 Å². The molecule has 3 unspecified atom stereocenters. The van der Waals surface area contributed by atoms with E-state index in [1.165, 1.54) is 32.4 Å². The van der Waals surface area contributed by atoms with Gasteiger partial charge in [-0.3, -0.25) is 10.1 Å². The standard InChI is InChI=1S/C15H28N2O2/c1-11(2)16-15(3,14(18)19)7-8-17-9-12-5-4-6-13(12)10-17/h11-13,16H,4-10H2,1-3H3,(H,18,19). The van der Waals surface area contributed by atoms with Gasteiger partial charge in [-0.1, -0.05) is 6.42 Å². The van der Waals surface area contributed by atoms with Crippen molar-refractivity contribution in [3.63, 3.8) is 0 Å². The predicted octanol–water partition coefficient (Wildman–Crippen LogP) is 1.95. The van der Waals surface area contributed by atoms with E-state index in [2.05, 4.69) is 10.2 Å². The van der Waals surface area contributed by atoms with Crippen molar-refractivity contribution in [2.24, 2.45) is 11.8 Å². The number of carbonyl (C=O) groups is 1. The number of carboxylic acids is 1. The van der Waals surface area contributed by atoms with Gasteiger partial charge in [0, 0.05) is 25.7 Å². The van der Waals surface area contributed by atoms with E-state index in [0.717, 1.165) is 18.4 Å². The molecule has 1 aliphatic carbocycles. The summed E-state index contributed by atoms with van der Waals surface area (Å²) in [6, 6.07) is 0.194. The van der Waals surface area contributed by atoms with Crippen molar-refractivity contribution in [3.05, 3.63) is 0 Å². The van der Waals surface area contributed by atoms with Crippen LogP contribution in [-0.4, -0.2) is 47.2 Å². The normalized spacial score (nSPS) is 30.5. The fraction of sp³-hybridized carbons (Fsp3) is 0.933. The minimum atomic E-state index is -0.800. The Kier molecular flexibility index (Phi) is 4.51. The number of nitrogens with zero attached hydrogens (tertiary/aromatic N) is 1. The van der Waals surface area contributed by atoms with Crippen molar-refractivity contribution in [2.45, 2.75) is 58.0 Å². The average Bonchev–Trinajstić information content (AvgIpc) is 2.85. The lowest BCUT2D eigenvalue weighted by molar-refractivity contribution is -0.144. The zero-order valence-corrected chi connectivity index (χ0v) is 12.5. The highest BCUT2D eigenvalue weighted by Gasteiger charge is 2.38. The largest absolute Gasteiger partial charge is 0.480 e. The molecule has 0 aromatic rings. The molecule has 0 aromatic heterocycles. The van der Waals surface area contributed by atoms with Crippen LogP contribution in [0.2, 0.25) is 0 Å². The van der Waals surface area contributed by atoms with Crippen LogP contribution in [0.4, 0.5) is 0 Å². The van der Waals surface area contributed by atoms with Crippen molar-refractivity contribution < 1.29 is 9.90 Å². The highest BCUT2D eigenvalue weighted by molar-refractivity contribution is 5.78. The maximum absolute atomic E-state index is 11.5. The van der Waals surface area contributed by atoms with Gasteiger partial charge in [-0.05, 0) is 51.9 Å². The third-order valence-electron chi connectivity index (χ3n) is 4.81. The molecule has 4 nitrogen and oxygen atoms in total. The number of hydrogen-bond acceptors (Lipinski definition) is 3. The van der Waals surface area contributed by atoms with Crippen LogP contribution in [0.15, 0.2) is 0 Å². The van der Waals surface area contributed by atoms with Gasteiger partial charge in [-0.15, -0.1) is 0 Å². The second-order valence-corrected chi connectivity index (χ2v) is 6.90. The van der Waals surface area contributed by atoms with Crippen molar-refractivity contribution >= 4 is 5.97 Å². The summed E-state index contributed by atoms with van der Waals surface area (Å²) in [5.41, 5.74) is -0.800. The highest BCUT2D eigenvalue weighted by atomic mass is 16.4. The molecule has 0 bridgehead atoms. The van der Waals surface area contributed by atoms with E-state index in [1.54, 1.807) is 0 Å². The Balaban J connectivity index is 1.84. The van der Waals surface area contributed by atoms with Gasteiger partial charge in [0.1, 0.15) is 5.54 Å². The van der Waals surface area contributed by atoms with Crippen LogP contribution in [0.25, 0.3) is 0 Å². The van der Waals surface area contributed by atoms with Crippen LogP contribution in [0.3, 0.4) is 0 Å². The van der Waals surface area contributed by atoms with Crippen LogP contribution in [-0.2, 0) is 4.79 Å². The Hall–Kier alpha value is -0.610. The molecule has 3 atom stereocenters. The molecule has 1 aliphatic heterocycles. The molecule has 4 heteroatoms. The SMILES string of the molecule is CC(C)NC(C)(CCN1CC2CCCC2C1)C(=O)O. The smallest absolute Gasteiger partial charge is 0.323 e. The van der Waals surface area contributed by atoms with Crippen LogP contribution < -0.4 is 5.32 Å². The summed E-state index contributed by atoms with van der Waals surface area (Å²) in [6.07, 6.45) is 4.83. The van der Waals surface area contributed by atoms with E-state index in [1.807, 2.05) is 20.8 Å². The summed E-state index contributed by atoms with van der Waals surface area (Å²) in [7, 11) is 0. The molecule has 1 saturated heterocycles. The van der Waals surface area contributed by atoms with Gasteiger partial charge in [0.2, 0.25) is 0 Å². The Morgan fingerprint density at radius 3 is 2.42 bits per heavy atom. The van der Waals surface area contributed by atoms with Crippen LogP contribution in [0, 0.1) is 11.8 Å². The van der Waals surface area contributed by atoms with E-state index in [0.29, 0.717) is 6.42 Å². The van der Waals surface area contributed by atoms with E-state index in [4.69, 9.17) is 0 Å². The molecule has 0 spiro atoms. The summed E-state index contributed by atoms with van der Waals surface area (Å²) in [5.74, 6) is 1.03. The lowest BCUT2D eigenvalue weighted by Crippen LogP contribution is -2.53. The van der Waals surface area contributed by atoms with Crippen molar-refractivity contribution in [1.82, 2.24) is 10.2 Å². The monoisotopic (exact) mass is 268 g/mol. The van der Waals surface area contributed by atoms with Crippen molar-refractivity contribution in [1.29, 1.82) is 0 Å². The minimum absolute atomic E-state index is 0.194. The van der Waals surface area contributed by atoms with E-state index in [-0.39, 0.29) is 6.04 Å². The first-order valence-electron chi connectivity index (χ1n) is 7.64. The number of likely N-dealkylation sites (tertiary alicyclic amines) is 1. The second kappa shape index (κ2) is 5.80. The number of carboxylic acid groups (broad SMARTS) is 1. The molecule has 110 valence electrons. The molecular weight excluding hydrogens is 240 g/mol. The molecule has 2 N–H and O–H groups in total. The molecule has 19 heavy (non-hydrogen) atoms. The second-order valence-electron chi connectivity index (χ2n) is 6.90. The third kappa shape index (κ3) is 3.48. The molecular formula is C15H28N2O2. The maximum atomic E-state index is 11.5. The summed E-state index contributed by atoms with van der Waals surface area (Å²) >= 11 is 0. The summed E-state index contributed by atoms with van der Waals surface area (Å²) in [4.78, 5) is 13.9. The number of nitrogens with one attached hydrogen (secondary N) is 1. The van der Waals surface area contributed by atoms with Crippen molar-refractivity contribution in [3.8, 4) is 0 Å². The van der Waals surface area contributed by atoms with Crippen LogP contribution in [0.1, 0.15) is 46.5 Å². The zero-order valence-electron chi connectivity index (χ0n) is 12.5. The molecule has 0 radical (unpaired) electrons. The molecule has 0 amide bonds. The Bertz CT molecular complexity index is 320. The van der Waals surface area contributed by atoms with Gasteiger partial charge >= 0.3 is 5.97 Å². The lowest BCUT2D eigenvalue weighted by atomic mass is 9.96. The van der Waals surface area contributed by atoms with E-state index >= 15 is 0 Å². The Labute approximate surface area is 116 Å². The number of fused-ring (bicyclic) bond motifs is 1. The van der Waals surface area contributed by atoms with E-state index < -0.39 is 11.5 Å². The number of rotatable bonds is 6. The van der Waals surface area contributed by atoms with Gasteiger partial charge in [0.15, 0.2) is 0 Å². The zero-order chi connectivity index (χ0) is 14.0. The minimum Gasteiger partial charge on any atom is -0.480 e. The predicted molar refractivity (Wildman–Crippen MR) is 76.2 cm³/mol. The van der Waals surface area contributed by atoms with Gasteiger partial charge in [-0.2, -0.15) is 0 Å². The topological polar surface area (TPSA) is 52.6 Å². The van der Waals surface area contributed by atoms with E-state index in [9.17, 15) is 9.90 Å². The van der Waals surface area contributed by atoms with Gasteiger partial charge in [0.05, 0.1) is 0 Å². The fourth-order valence-corrected chi connectivity index (χ4v) is 3.77. The quantitative estimate of drug-likeness (QED) is 0.773. The van der Waals surface area contributed by atoms with Gasteiger partial charge < -0.3 is 10.0 Å². The molecule has 1 saturated carbocycles. The molecule has 0 aromatic carbocycles. The third-order valence-corrected chi connectivity index (χ3v) is 4.81. The highest BCUT2D eigenvalue weighted by Crippen LogP contribution is 2.37. The number of aliphatic carboxylic acids is 1. The van der Waals surface area contributed by atoms with Gasteiger partial charge in [0.25, 0.3) is 0 Å². The first-order chi connectivity index (χ1) is 8.90. The maximum Gasteiger partial charge on any atom is 0.323 e. The first kappa shape index (κ1) is 14.8. The van der Waals surface area contributed by atoms with Crippen LogP contribution >= 0.6 is 0 Å². The first-order valence-corrected chi connectivity index (χ1v) is 7.64. The van der Waals surface area contributed by atoms with Crippen LogP contribution in [0.5, 0.6) is 0 Å². The lowest BCUT2D eigenvalue weighted by Gasteiger charge is -2.30. The molecule has 1 heterocycles.